The number of esters is 1. The molecule has 2 heterocycles. The Hall–Kier alpha value is -2.20. The minimum Gasteiger partial charge on any atom is -0.453 e. The highest BCUT2D eigenvalue weighted by Crippen LogP contribution is 2.22. The van der Waals surface area contributed by atoms with Gasteiger partial charge in [-0.05, 0) is 43.6 Å². The minimum absolute atomic E-state index is 0.236. The van der Waals surface area contributed by atoms with Gasteiger partial charge in [-0.25, -0.2) is 4.79 Å². The first-order chi connectivity index (χ1) is 10.8. The van der Waals surface area contributed by atoms with Crippen LogP contribution in [0.1, 0.15) is 34.9 Å². The molecule has 1 aliphatic rings. The Labute approximate surface area is 130 Å². The molecule has 4 heteroatoms. The van der Waals surface area contributed by atoms with Crippen LogP contribution in [0.5, 0.6) is 0 Å². The summed E-state index contributed by atoms with van der Waals surface area (Å²) in [5.74, 6) is -0.296. The van der Waals surface area contributed by atoms with Gasteiger partial charge in [-0.15, -0.1) is 0 Å². The Morgan fingerprint density at radius 1 is 1.09 bits per heavy atom. The van der Waals surface area contributed by atoms with E-state index >= 15 is 0 Å². The molecule has 2 aromatic rings. The summed E-state index contributed by atoms with van der Waals surface area (Å²) in [6.07, 6.45) is 5.42. The maximum atomic E-state index is 12.3. The molecular formula is C18H20N2O2. The quantitative estimate of drug-likeness (QED) is 0.795. The highest BCUT2D eigenvalue weighted by molar-refractivity contribution is 5.89. The molecule has 0 saturated carbocycles. The van der Waals surface area contributed by atoms with Gasteiger partial charge in [0.25, 0.3) is 0 Å². The number of nitrogens with zero attached hydrogens (tertiary/aromatic N) is 2. The van der Waals surface area contributed by atoms with Crippen LogP contribution < -0.4 is 0 Å². The van der Waals surface area contributed by atoms with Gasteiger partial charge in [0.05, 0.1) is 5.56 Å². The number of aromatic nitrogens is 1. The fourth-order valence-corrected chi connectivity index (χ4v) is 2.76. The first-order valence-electron chi connectivity index (χ1n) is 7.71. The van der Waals surface area contributed by atoms with Gasteiger partial charge in [-0.3, -0.25) is 9.88 Å². The molecule has 114 valence electrons. The topological polar surface area (TPSA) is 42.4 Å². The lowest BCUT2D eigenvalue weighted by Gasteiger charge is -2.24. The molecular weight excluding hydrogens is 276 g/mol. The van der Waals surface area contributed by atoms with Gasteiger partial charge in [0.2, 0.25) is 0 Å². The second kappa shape index (κ2) is 7.18. The van der Waals surface area contributed by atoms with E-state index in [1.54, 1.807) is 24.5 Å². The van der Waals surface area contributed by atoms with Crippen molar-refractivity contribution in [3.63, 3.8) is 0 Å². The summed E-state index contributed by atoms with van der Waals surface area (Å²) < 4.78 is 5.78. The smallest absolute Gasteiger partial charge is 0.338 e. The Balaban J connectivity index is 1.74. The van der Waals surface area contributed by atoms with Crippen molar-refractivity contribution in [2.75, 3.05) is 19.6 Å². The van der Waals surface area contributed by atoms with Crippen LogP contribution in [0.4, 0.5) is 0 Å². The van der Waals surface area contributed by atoms with Crippen molar-refractivity contribution in [1.82, 2.24) is 9.88 Å². The van der Waals surface area contributed by atoms with Crippen molar-refractivity contribution in [3.8, 4) is 0 Å². The molecule has 0 N–H and O–H groups in total. The summed E-state index contributed by atoms with van der Waals surface area (Å²) in [6, 6.07) is 13.3. The predicted octanol–water partition coefficient (Wildman–Crippen LogP) is 3.08. The molecule has 1 fully saturated rings. The van der Waals surface area contributed by atoms with E-state index in [2.05, 4.69) is 9.88 Å². The van der Waals surface area contributed by atoms with Gasteiger partial charge >= 0.3 is 5.97 Å². The van der Waals surface area contributed by atoms with Crippen LogP contribution in [0, 0.1) is 0 Å². The van der Waals surface area contributed by atoms with Crippen LogP contribution >= 0.6 is 0 Å². The maximum absolute atomic E-state index is 12.3. The van der Waals surface area contributed by atoms with Crippen LogP contribution in [0.25, 0.3) is 0 Å². The molecule has 0 spiro atoms. The van der Waals surface area contributed by atoms with Gasteiger partial charge in [0, 0.05) is 18.9 Å². The van der Waals surface area contributed by atoms with Gasteiger partial charge < -0.3 is 4.74 Å². The zero-order valence-corrected chi connectivity index (χ0v) is 12.5. The van der Waals surface area contributed by atoms with Gasteiger partial charge in [0.15, 0.2) is 0 Å². The van der Waals surface area contributed by atoms with E-state index in [0.29, 0.717) is 5.56 Å². The molecule has 22 heavy (non-hydrogen) atoms. The molecule has 3 rings (SSSR count). The summed E-state index contributed by atoms with van der Waals surface area (Å²) in [5, 5.41) is 0. The molecule has 1 aliphatic heterocycles. The molecule has 0 bridgehead atoms. The Kier molecular flexibility index (Phi) is 4.81. The van der Waals surface area contributed by atoms with E-state index in [9.17, 15) is 4.79 Å². The van der Waals surface area contributed by atoms with Crippen molar-refractivity contribution < 1.29 is 9.53 Å². The van der Waals surface area contributed by atoms with E-state index in [-0.39, 0.29) is 12.1 Å². The van der Waals surface area contributed by atoms with Crippen molar-refractivity contribution in [3.05, 3.63) is 66.0 Å². The maximum Gasteiger partial charge on any atom is 0.338 e. The second-order valence-electron chi connectivity index (χ2n) is 5.55. The second-order valence-corrected chi connectivity index (χ2v) is 5.55. The average Bonchev–Trinajstić information content (AvgIpc) is 3.09. The van der Waals surface area contributed by atoms with Crippen molar-refractivity contribution in [2.24, 2.45) is 0 Å². The monoisotopic (exact) mass is 296 g/mol. The molecule has 4 nitrogen and oxygen atoms in total. The highest BCUT2D eigenvalue weighted by atomic mass is 16.5. The highest BCUT2D eigenvalue weighted by Gasteiger charge is 2.22. The zero-order chi connectivity index (χ0) is 15.2. The number of carbonyl (C=O) groups excluding carboxylic acids is 1. The third-order valence-electron chi connectivity index (χ3n) is 3.96. The Morgan fingerprint density at radius 3 is 2.45 bits per heavy atom. The van der Waals surface area contributed by atoms with Crippen molar-refractivity contribution >= 4 is 5.97 Å². The lowest BCUT2D eigenvalue weighted by atomic mass is 10.1. The summed E-state index contributed by atoms with van der Waals surface area (Å²) >= 11 is 0. The standard InChI is InChI=1S/C18H20N2O2/c21-18(16-8-10-19-11-9-16)22-17(14-20-12-4-5-13-20)15-6-2-1-3-7-15/h1-3,6-11,17H,4-5,12-14H2. The molecule has 0 radical (unpaired) electrons. The van der Waals surface area contributed by atoms with E-state index in [1.807, 2.05) is 30.3 Å². The summed E-state index contributed by atoms with van der Waals surface area (Å²) in [7, 11) is 0. The third-order valence-corrected chi connectivity index (χ3v) is 3.96. The van der Waals surface area contributed by atoms with E-state index in [4.69, 9.17) is 4.74 Å². The molecule has 0 amide bonds. The summed E-state index contributed by atoms with van der Waals surface area (Å²) in [6.45, 7) is 2.91. The molecule has 1 aromatic carbocycles. The first-order valence-corrected chi connectivity index (χ1v) is 7.71. The number of rotatable bonds is 5. The predicted molar refractivity (Wildman–Crippen MR) is 84.5 cm³/mol. The average molecular weight is 296 g/mol. The number of hydrogen-bond donors (Lipinski definition) is 0. The van der Waals surface area contributed by atoms with Crippen LogP contribution in [0.15, 0.2) is 54.9 Å². The third kappa shape index (κ3) is 3.71. The van der Waals surface area contributed by atoms with E-state index in [1.165, 1.54) is 12.8 Å². The fraction of sp³-hybridized carbons (Fsp3) is 0.333. The largest absolute Gasteiger partial charge is 0.453 e. The minimum atomic E-state index is -0.296. The summed E-state index contributed by atoms with van der Waals surface area (Å²) in [5.41, 5.74) is 1.58. The van der Waals surface area contributed by atoms with Crippen molar-refractivity contribution in [2.45, 2.75) is 18.9 Å². The molecule has 1 aromatic heterocycles. The lowest BCUT2D eigenvalue weighted by Crippen LogP contribution is -2.28. The van der Waals surface area contributed by atoms with Crippen LogP contribution in [0.3, 0.4) is 0 Å². The number of ether oxygens (including phenoxy) is 1. The van der Waals surface area contributed by atoms with Gasteiger partial charge in [-0.1, -0.05) is 30.3 Å². The van der Waals surface area contributed by atoms with Crippen LogP contribution in [0.2, 0.25) is 0 Å². The molecule has 1 unspecified atom stereocenters. The SMILES string of the molecule is O=C(OC(CN1CCCC1)c1ccccc1)c1ccncc1. The molecule has 1 saturated heterocycles. The number of pyridine rings is 1. The van der Waals surface area contributed by atoms with Gasteiger partial charge in [-0.2, -0.15) is 0 Å². The van der Waals surface area contributed by atoms with E-state index < -0.39 is 0 Å². The first kappa shape index (κ1) is 14.7. The Morgan fingerprint density at radius 2 is 1.77 bits per heavy atom. The fourth-order valence-electron chi connectivity index (χ4n) is 2.76. The number of benzene rings is 1. The van der Waals surface area contributed by atoms with Crippen LogP contribution in [-0.4, -0.2) is 35.5 Å². The molecule has 1 atom stereocenters. The number of carbonyl (C=O) groups is 1. The zero-order valence-electron chi connectivity index (χ0n) is 12.5. The lowest BCUT2D eigenvalue weighted by molar-refractivity contribution is 0.0216. The number of likely N-dealkylation sites (tertiary alicyclic amines) is 1. The van der Waals surface area contributed by atoms with Crippen molar-refractivity contribution in [1.29, 1.82) is 0 Å². The summed E-state index contributed by atoms with van der Waals surface area (Å²) in [4.78, 5) is 18.6. The van der Waals surface area contributed by atoms with Gasteiger partial charge in [0.1, 0.15) is 6.10 Å². The number of hydrogen-bond acceptors (Lipinski definition) is 4. The van der Waals surface area contributed by atoms with Crippen LogP contribution in [-0.2, 0) is 4.74 Å². The normalized spacial score (nSPS) is 16.4. The Bertz CT molecular complexity index is 595. The van der Waals surface area contributed by atoms with E-state index in [0.717, 1.165) is 25.2 Å². The molecule has 0 aliphatic carbocycles.